The summed E-state index contributed by atoms with van der Waals surface area (Å²) in [7, 11) is 0. The maximum absolute atomic E-state index is 12.7. The molecule has 0 aliphatic heterocycles. The number of carbonyl (C=O) groups is 2. The van der Waals surface area contributed by atoms with E-state index in [0.29, 0.717) is 26.9 Å². The van der Waals surface area contributed by atoms with E-state index in [1.165, 1.54) is 6.07 Å². The van der Waals surface area contributed by atoms with Crippen molar-refractivity contribution in [3.8, 4) is 0 Å². The molecule has 0 aliphatic carbocycles. The number of rotatable bonds is 4. The standard InChI is InChI=1S/C24H16Cl2N2O2/c25-20-13-10-17(14-21(20)26)24(30)27-18-11-8-16(9-12-18)23(29)28-22-7-3-5-15-4-1-2-6-19(15)22/h1-14H,(H,27,30)(H,28,29). The first-order chi connectivity index (χ1) is 14.5. The number of hydrogen-bond acceptors (Lipinski definition) is 2. The second kappa shape index (κ2) is 8.57. The van der Waals surface area contributed by atoms with E-state index >= 15 is 0 Å². The van der Waals surface area contributed by atoms with Gasteiger partial charge in [0.2, 0.25) is 0 Å². The van der Waals surface area contributed by atoms with Crippen LogP contribution in [0.4, 0.5) is 11.4 Å². The fourth-order valence-corrected chi connectivity index (χ4v) is 3.37. The van der Waals surface area contributed by atoms with Crippen molar-refractivity contribution in [2.24, 2.45) is 0 Å². The third-order valence-corrected chi connectivity index (χ3v) is 5.36. The molecule has 0 spiro atoms. The minimum absolute atomic E-state index is 0.228. The molecule has 30 heavy (non-hydrogen) atoms. The van der Waals surface area contributed by atoms with Gasteiger partial charge >= 0.3 is 0 Å². The Hall–Kier alpha value is -3.34. The summed E-state index contributed by atoms with van der Waals surface area (Å²) in [6.45, 7) is 0. The molecule has 0 radical (unpaired) electrons. The van der Waals surface area contributed by atoms with Gasteiger partial charge in [0.25, 0.3) is 11.8 Å². The zero-order valence-corrected chi connectivity index (χ0v) is 17.2. The molecule has 0 atom stereocenters. The molecule has 0 heterocycles. The zero-order chi connectivity index (χ0) is 21.1. The SMILES string of the molecule is O=C(Nc1ccc(C(=O)Nc2cccc3ccccc23)cc1)c1ccc(Cl)c(Cl)c1. The highest BCUT2D eigenvalue weighted by Gasteiger charge is 2.11. The monoisotopic (exact) mass is 434 g/mol. The quantitative estimate of drug-likeness (QED) is 0.377. The lowest BCUT2D eigenvalue weighted by molar-refractivity contribution is 0.102. The number of amides is 2. The van der Waals surface area contributed by atoms with Crippen LogP contribution in [0.5, 0.6) is 0 Å². The number of hydrogen-bond donors (Lipinski definition) is 2. The van der Waals surface area contributed by atoms with Crippen LogP contribution in [0.25, 0.3) is 10.8 Å². The molecule has 4 aromatic rings. The number of carbonyl (C=O) groups excluding carboxylic acids is 2. The number of fused-ring (bicyclic) bond motifs is 1. The lowest BCUT2D eigenvalue weighted by Gasteiger charge is -2.10. The van der Waals surface area contributed by atoms with Crippen LogP contribution in [0.1, 0.15) is 20.7 Å². The van der Waals surface area contributed by atoms with Gasteiger partial charge in [-0.15, -0.1) is 0 Å². The lowest BCUT2D eigenvalue weighted by atomic mass is 10.1. The molecule has 4 rings (SSSR count). The first-order valence-corrected chi connectivity index (χ1v) is 9.92. The Labute approximate surface area is 183 Å². The van der Waals surface area contributed by atoms with Gasteiger partial charge in [-0.25, -0.2) is 0 Å². The third-order valence-electron chi connectivity index (χ3n) is 4.62. The van der Waals surface area contributed by atoms with Crippen molar-refractivity contribution in [3.05, 3.63) is 106 Å². The largest absolute Gasteiger partial charge is 0.322 e. The van der Waals surface area contributed by atoms with E-state index in [1.54, 1.807) is 36.4 Å². The number of halogens is 2. The van der Waals surface area contributed by atoms with Crippen LogP contribution in [-0.4, -0.2) is 11.8 Å². The summed E-state index contributed by atoms with van der Waals surface area (Å²) in [5.41, 5.74) is 2.18. The van der Waals surface area contributed by atoms with Crippen LogP contribution in [0.15, 0.2) is 84.9 Å². The van der Waals surface area contributed by atoms with E-state index in [0.717, 1.165) is 16.5 Å². The summed E-state index contributed by atoms with van der Waals surface area (Å²) in [6.07, 6.45) is 0. The summed E-state index contributed by atoms with van der Waals surface area (Å²) in [5.74, 6) is -0.546. The van der Waals surface area contributed by atoms with Gasteiger partial charge in [0.05, 0.1) is 10.0 Å². The van der Waals surface area contributed by atoms with Crippen LogP contribution in [0.2, 0.25) is 10.0 Å². The minimum atomic E-state index is -0.318. The summed E-state index contributed by atoms with van der Waals surface area (Å²) >= 11 is 11.8. The number of benzene rings is 4. The van der Waals surface area contributed by atoms with Crippen LogP contribution < -0.4 is 10.6 Å². The highest BCUT2D eigenvalue weighted by Crippen LogP contribution is 2.25. The van der Waals surface area contributed by atoms with Crippen LogP contribution in [0.3, 0.4) is 0 Å². The van der Waals surface area contributed by atoms with Gasteiger partial charge in [-0.1, -0.05) is 59.6 Å². The molecule has 0 saturated carbocycles. The van der Waals surface area contributed by atoms with Crippen molar-refractivity contribution in [3.63, 3.8) is 0 Å². The topological polar surface area (TPSA) is 58.2 Å². The fraction of sp³-hybridized carbons (Fsp3) is 0. The van der Waals surface area contributed by atoms with Gasteiger partial charge in [-0.3, -0.25) is 9.59 Å². The Balaban J connectivity index is 1.47. The Bertz CT molecular complexity index is 1250. The van der Waals surface area contributed by atoms with E-state index in [1.807, 2.05) is 42.5 Å². The zero-order valence-electron chi connectivity index (χ0n) is 15.7. The van der Waals surface area contributed by atoms with E-state index < -0.39 is 0 Å². The number of anilines is 2. The van der Waals surface area contributed by atoms with Crippen molar-refractivity contribution >= 4 is 57.2 Å². The van der Waals surface area contributed by atoms with Gasteiger partial charge in [0.1, 0.15) is 0 Å². The predicted octanol–water partition coefficient (Wildman–Crippen LogP) is 6.65. The molecule has 0 saturated heterocycles. The molecule has 2 N–H and O–H groups in total. The maximum atomic E-state index is 12.7. The maximum Gasteiger partial charge on any atom is 0.255 e. The van der Waals surface area contributed by atoms with E-state index in [4.69, 9.17) is 23.2 Å². The van der Waals surface area contributed by atoms with Gasteiger partial charge < -0.3 is 10.6 Å². The summed E-state index contributed by atoms with van der Waals surface area (Å²) in [6, 6.07) is 24.9. The average molecular weight is 435 g/mol. The minimum Gasteiger partial charge on any atom is -0.322 e. The van der Waals surface area contributed by atoms with Crippen molar-refractivity contribution in [2.75, 3.05) is 10.6 Å². The molecule has 0 fully saturated rings. The molecular weight excluding hydrogens is 419 g/mol. The van der Waals surface area contributed by atoms with Crippen LogP contribution >= 0.6 is 23.2 Å². The van der Waals surface area contributed by atoms with Crippen LogP contribution in [-0.2, 0) is 0 Å². The first-order valence-electron chi connectivity index (χ1n) is 9.17. The Kier molecular flexibility index (Phi) is 5.70. The summed E-state index contributed by atoms with van der Waals surface area (Å²) in [5, 5.41) is 8.43. The van der Waals surface area contributed by atoms with E-state index in [9.17, 15) is 9.59 Å². The fourth-order valence-electron chi connectivity index (χ4n) is 3.07. The predicted molar refractivity (Wildman–Crippen MR) is 123 cm³/mol. The smallest absolute Gasteiger partial charge is 0.255 e. The van der Waals surface area contributed by atoms with Crippen molar-refractivity contribution in [1.82, 2.24) is 0 Å². The molecular formula is C24H16Cl2N2O2. The molecule has 0 aliphatic rings. The van der Waals surface area contributed by atoms with E-state index in [2.05, 4.69) is 10.6 Å². The van der Waals surface area contributed by atoms with Crippen molar-refractivity contribution < 1.29 is 9.59 Å². The normalized spacial score (nSPS) is 10.6. The first kappa shape index (κ1) is 20.0. The Morgan fingerprint density at radius 1 is 0.633 bits per heavy atom. The highest BCUT2D eigenvalue weighted by atomic mass is 35.5. The molecule has 4 aromatic carbocycles. The second-order valence-corrected chi connectivity index (χ2v) is 7.46. The van der Waals surface area contributed by atoms with E-state index in [-0.39, 0.29) is 11.8 Å². The molecule has 2 amide bonds. The third kappa shape index (κ3) is 4.30. The van der Waals surface area contributed by atoms with Gasteiger partial charge in [-0.05, 0) is 53.9 Å². The molecule has 4 nitrogen and oxygen atoms in total. The van der Waals surface area contributed by atoms with Crippen LogP contribution in [0, 0.1) is 0 Å². The van der Waals surface area contributed by atoms with Crippen molar-refractivity contribution in [2.45, 2.75) is 0 Å². The molecule has 148 valence electrons. The second-order valence-electron chi connectivity index (χ2n) is 6.64. The molecule has 6 heteroatoms. The van der Waals surface area contributed by atoms with Gasteiger partial charge in [0, 0.05) is 27.9 Å². The summed E-state index contributed by atoms with van der Waals surface area (Å²) < 4.78 is 0. The lowest BCUT2D eigenvalue weighted by Crippen LogP contribution is -2.14. The molecule has 0 aromatic heterocycles. The van der Waals surface area contributed by atoms with Crippen molar-refractivity contribution in [1.29, 1.82) is 0 Å². The molecule has 0 unspecified atom stereocenters. The highest BCUT2D eigenvalue weighted by molar-refractivity contribution is 6.42. The number of nitrogens with one attached hydrogen (secondary N) is 2. The average Bonchev–Trinajstić information content (AvgIpc) is 2.76. The Morgan fingerprint density at radius 3 is 2.07 bits per heavy atom. The van der Waals surface area contributed by atoms with Gasteiger partial charge in [0.15, 0.2) is 0 Å². The summed E-state index contributed by atoms with van der Waals surface area (Å²) in [4.78, 5) is 25.0. The molecule has 0 bridgehead atoms. The van der Waals surface area contributed by atoms with Gasteiger partial charge in [-0.2, -0.15) is 0 Å². The Morgan fingerprint density at radius 2 is 1.30 bits per heavy atom.